The smallest absolute Gasteiger partial charge is 0.282 e. The highest BCUT2D eigenvalue weighted by atomic mass is 32.1. The summed E-state index contributed by atoms with van der Waals surface area (Å²) in [4.78, 5) is 28.3. The molecule has 0 atom stereocenters. The van der Waals surface area contributed by atoms with Crippen molar-refractivity contribution in [3.05, 3.63) is 76.1 Å². The van der Waals surface area contributed by atoms with Crippen molar-refractivity contribution in [3.8, 4) is 11.5 Å². The molecule has 9 heteroatoms. The molecule has 31 heavy (non-hydrogen) atoms. The number of nitrogens with one attached hydrogen (secondary N) is 1. The number of benzene rings is 2. The number of hydrogen-bond acceptors (Lipinski definition) is 6. The van der Waals surface area contributed by atoms with E-state index in [2.05, 4.69) is 5.32 Å². The number of imide groups is 1. The van der Waals surface area contributed by atoms with E-state index in [-0.39, 0.29) is 22.6 Å². The summed E-state index contributed by atoms with van der Waals surface area (Å²) >= 11 is 1.27. The first-order chi connectivity index (χ1) is 14.9. The molecule has 158 valence electrons. The van der Waals surface area contributed by atoms with Crippen LogP contribution < -0.4 is 19.7 Å². The summed E-state index contributed by atoms with van der Waals surface area (Å²) in [6.45, 7) is 0. The zero-order valence-electron chi connectivity index (χ0n) is 16.4. The van der Waals surface area contributed by atoms with Gasteiger partial charge in [0.2, 0.25) is 0 Å². The molecule has 2 heterocycles. The van der Waals surface area contributed by atoms with Crippen LogP contribution in [0.3, 0.4) is 0 Å². The summed E-state index contributed by atoms with van der Waals surface area (Å²) in [5.74, 6) is -2.62. The van der Waals surface area contributed by atoms with Crippen LogP contribution in [-0.4, -0.2) is 26.0 Å². The molecular formula is C22H16F2N2O4S. The van der Waals surface area contributed by atoms with Gasteiger partial charge in [0.15, 0.2) is 11.6 Å². The number of hydrogen-bond donors (Lipinski definition) is 1. The predicted molar refractivity (Wildman–Crippen MR) is 113 cm³/mol. The molecule has 2 amide bonds. The second-order valence-corrected chi connectivity index (χ2v) is 7.41. The summed E-state index contributed by atoms with van der Waals surface area (Å²) < 4.78 is 37.6. The Kier molecular flexibility index (Phi) is 5.43. The minimum atomic E-state index is -1.08. The molecular weight excluding hydrogens is 426 g/mol. The maximum atomic E-state index is 13.7. The molecule has 0 fully saturated rings. The number of anilines is 2. The molecule has 0 saturated heterocycles. The van der Waals surface area contributed by atoms with Crippen LogP contribution in [0, 0.1) is 11.6 Å². The van der Waals surface area contributed by atoms with E-state index < -0.39 is 23.4 Å². The van der Waals surface area contributed by atoms with Gasteiger partial charge in [0.1, 0.15) is 17.2 Å². The van der Waals surface area contributed by atoms with Gasteiger partial charge >= 0.3 is 0 Å². The molecule has 0 spiro atoms. The second kappa shape index (κ2) is 8.19. The molecule has 3 aromatic rings. The number of carbonyl (C=O) groups excluding carboxylic acids is 2. The van der Waals surface area contributed by atoms with Crippen LogP contribution in [0.2, 0.25) is 0 Å². The van der Waals surface area contributed by atoms with E-state index in [9.17, 15) is 18.4 Å². The highest BCUT2D eigenvalue weighted by Gasteiger charge is 2.42. The van der Waals surface area contributed by atoms with Crippen LogP contribution in [0.25, 0.3) is 5.57 Å². The molecule has 1 aromatic heterocycles. The Morgan fingerprint density at radius 3 is 2.39 bits per heavy atom. The Hall–Kier alpha value is -3.72. The van der Waals surface area contributed by atoms with Gasteiger partial charge in [-0.05, 0) is 35.7 Å². The Morgan fingerprint density at radius 2 is 1.74 bits per heavy atom. The molecule has 6 nitrogen and oxygen atoms in total. The number of rotatable bonds is 6. The first kappa shape index (κ1) is 20.5. The number of halogens is 2. The van der Waals surface area contributed by atoms with Crippen molar-refractivity contribution < 1.29 is 27.8 Å². The van der Waals surface area contributed by atoms with E-state index in [1.54, 1.807) is 29.6 Å². The van der Waals surface area contributed by atoms with Crippen LogP contribution in [0.1, 0.15) is 4.88 Å². The van der Waals surface area contributed by atoms with Gasteiger partial charge < -0.3 is 14.8 Å². The summed E-state index contributed by atoms with van der Waals surface area (Å²) in [6, 6.07) is 11.3. The van der Waals surface area contributed by atoms with E-state index in [1.807, 2.05) is 0 Å². The summed E-state index contributed by atoms with van der Waals surface area (Å²) in [6.07, 6.45) is 0. The Bertz CT molecular complexity index is 1210. The third-order valence-corrected chi connectivity index (χ3v) is 5.55. The maximum absolute atomic E-state index is 13.7. The van der Waals surface area contributed by atoms with Crippen molar-refractivity contribution in [1.82, 2.24) is 0 Å². The zero-order chi connectivity index (χ0) is 22.1. The van der Waals surface area contributed by atoms with E-state index >= 15 is 0 Å². The zero-order valence-corrected chi connectivity index (χ0v) is 17.3. The minimum Gasteiger partial charge on any atom is -0.497 e. The van der Waals surface area contributed by atoms with E-state index in [1.165, 1.54) is 37.7 Å². The lowest BCUT2D eigenvalue weighted by Gasteiger charge is -2.19. The third kappa shape index (κ3) is 3.64. The summed E-state index contributed by atoms with van der Waals surface area (Å²) in [5, 5.41) is 4.56. The van der Waals surface area contributed by atoms with Gasteiger partial charge in [0.05, 0.1) is 25.5 Å². The fourth-order valence-electron chi connectivity index (χ4n) is 3.20. The lowest BCUT2D eigenvalue weighted by Crippen LogP contribution is -2.32. The molecule has 1 aliphatic heterocycles. The third-order valence-electron chi connectivity index (χ3n) is 4.67. The molecule has 4 rings (SSSR count). The van der Waals surface area contributed by atoms with Crippen molar-refractivity contribution in [3.63, 3.8) is 0 Å². The van der Waals surface area contributed by atoms with Crippen LogP contribution in [-0.2, 0) is 9.59 Å². The van der Waals surface area contributed by atoms with Crippen molar-refractivity contribution >= 4 is 40.1 Å². The van der Waals surface area contributed by atoms with Crippen LogP contribution in [0.5, 0.6) is 11.5 Å². The number of methoxy groups -OCH3 is 2. The molecule has 0 aliphatic carbocycles. The first-order valence-corrected chi connectivity index (χ1v) is 9.93. The van der Waals surface area contributed by atoms with Gasteiger partial charge in [-0.2, -0.15) is 0 Å². The molecule has 0 saturated carbocycles. The van der Waals surface area contributed by atoms with Crippen molar-refractivity contribution in [1.29, 1.82) is 0 Å². The number of ether oxygens (including phenoxy) is 2. The normalized spacial score (nSPS) is 13.7. The highest BCUT2D eigenvalue weighted by Crippen LogP contribution is 2.40. The van der Waals surface area contributed by atoms with Gasteiger partial charge in [0.25, 0.3) is 11.8 Å². The van der Waals surface area contributed by atoms with Crippen LogP contribution in [0.15, 0.2) is 59.6 Å². The lowest BCUT2D eigenvalue weighted by molar-refractivity contribution is -0.120. The summed E-state index contributed by atoms with van der Waals surface area (Å²) in [5.41, 5.74) is 0.398. The number of thiophene rings is 1. The van der Waals surface area contributed by atoms with E-state index in [0.29, 0.717) is 16.4 Å². The molecule has 1 aliphatic rings. The van der Waals surface area contributed by atoms with E-state index in [4.69, 9.17) is 9.47 Å². The molecule has 0 bridgehead atoms. The average Bonchev–Trinajstić information content (AvgIpc) is 3.37. The van der Waals surface area contributed by atoms with Crippen LogP contribution in [0.4, 0.5) is 20.2 Å². The summed E-state index contributed by atoms with van der Waals surface area (Å²) in [7, 11) is 2.88. The maximum Gasteiger partial charge on any atom is 0.282 e. The Balaban J connectivity index is 1.83. The fraction of sp³-hybridized carbons (Fsp3) is 0.0909. The quantitative estimate of drug-likeness (QED) is 0.572. The van der Waals surface area contributed by atoms with Gasteiger partial charge in [-0.1, -0.05) is 6.07 Å². The van der Waals surface area contributed by atoms with Gasteiger partial charge in [-0.3, -0.25) is 9.59 Å². The van der Waals surface area contributed by atoms with Crippen molar-refractivity contribution in [2.45, 2.75) is 0 Å². The number of nitrogens with zero attached hydrogens (tertiary/aromatic N) is 1. The minimum absolute atomic E-state index is 0.0525. The molecule has 2 aromatic carbocycles. The predicted octanol–water partition coefficient (Wildman–Crippen LogP) is 4.44. The van der Waals surface area contributed by atoms with Crippen molar-refractivity contribution in [2.75, 3.05) is 24.4 Å². The number of amides is 2. The van der Waals surface area contributed by atoms with Gasteiger partial charge in [-0.25, -0.2) is 13.7 Å². The molecule has 1 N–H and O–H groups in total. The van der Waals surface area contributed by atoms with Crippen LogP contribution >= 0.6 is 11.3 Å². The van der Waals surface area contributed by atoms with Gasteiger partial charge in [0, 0.05) is 22.7 Å². The SMILES string of the molecule is COc1ccc(OC)c(N2C(=O)C(Nc3ccc(F)c(F)c3)=C(c3cccs3)C2=O)c1. The topological polar surface area (TPSA) is 67.9 Å². The largest absolute Gasteiger partial charge is 0.497 e. The highest BCUT2D eigenvalue weighted by molar-refractivity contribution is 7.11. The Labute approximate surface area is 180 Å². The molecule has 0 radical (unpaired) electrons. The lowest BCUT2D eigenvalue weighted by atomic mass is 10.2. The van der Waals surface area contributed by atoms with E-state index in [0.717, 1.165) is 17.0 Å². The number of carbonyl (C=O) groups is 2. The Morgan fingerprint density at radius 1 is 0.935 bits per heavy atom. The van der Waals surface area contributed by atoms with Gasteiger partial charge in [-0.15, -0.1) is 11.3 Å². The standard InChI is InChI=1S/C22H16F2N2O4S/c1-29-13-6-8-17(30-2)16(11-13)26-21(27)19(18-4-3-9-31-18)20(22(26)28)25-12-5-7-14(23)15(24)10-12/h3-11,25H,1-2H3. The second-order valence-electron chi connectivity index (χ2n) is 6.46. The average molecular weight is 442 g/mol. The van der Waals surface area contributed by atoms with Crippen molar-refractivity contribution in [2.24, 2.45) is 0 Å². The monoisotopic (exact) mass is 442 g/mol. The molecule has 0 unspecified atom stereocenters. The fourth-order valence-corrected chi connectivity index (χ4v) is 3.97. The first-order valence-electron chi connectivity index (χ1n) is 9.05.